The Bertz CT molecular complexity index is 1840. The van der Waals surface area contributed by atoms with Crippen molar-refractivity contribution in [1.82, 2.24) is 9.97 Å². The third-order valence-electron chi connectivity index (χ3n) is 6.23. The number of alkyl halides is 6. The van der Waals surface area contributed by atoms with Gasteiger partial charge in [-0.25, -0.2) is 20.0 Å². The van der Waals surface area contributed by atoms with E-state index in [1.165, 1.54) is 18.5 Å². The topological polar surface area (TPSA) is 91.0 Å². The Balaban J connectivity index is 0.000000167. The summed E-state index contributed by atoms with van der Waals surface area (Å²) in [5.74, 6) is 0.268. The van der Waals surface area contributed by atoms with E-state index in [0.29, 0.717) is 41.8 Å². The third-order valence-corrected chi connectivity index (χ3v) is 8.31. The highest BCUT2D eigenvalue weighted by molar-refractivity contribution is 9.10. The van der Waals surface area contributed by atoms with E-state index in [0.717, 1.165) is 0 Å². The van der Waals surface area contributed by atoms with Crippen LogP contribution in [0.2, 0.25) is 20.1 Å². The first-order valence-corrected chi connectivity index (χ1v) is 14.9. The summed E-state index contributed by atoms with van der Waals surface area (Å²) < 4.78 is 75.4. The van der Waals surface area contributed by atoms with Crippen molar-refractivity contribution < 1.29 is 36.4 Å². The average Bonchev–Trinajstić information content (AvgIpc) is 3.61. The molecule has 0 unspecified atom stereocenters. The van der Waals surface area contributed by atoms with Crippen LogP contribution in [0.4, 0.5) is 38.0 Å². The van der Waals surface area contributed by atoms with Gasteiger partial charge in [0.05, 0.1) is 20.1 Å². The summed E-state index contributed by atoms with van der Waals surface area (Å²) in [6.07, 6.45) is -6.38. The van der Waals surface area contributed by atoms with Crippen LogP contribution in [0.25, 0.3) is 11.1 Å². The van der Waals surface area contributed by atoms with Crippen LogP contribution in [0.15, 0.2) is 75.4 Å². The van der Waals surface area contributed by atoms with Crippen molar-refractivity contribution in [3.05, 3.63) is 96.6 Å². The van der Waals surface area contributed by atoms with E-state index >= 15 is 0 Å². The molecule has 0 atom stereocenters. The van der Waals surface area contributed by atoms with Crippen molar-refractivity contribution in [3.63, 3.8) is 0 Å². The lowest BCUT2D eigenvalue weighted by Gasteiger charge is -2.07. The number of hydrogen-bond donors (Lipinski definition) is 2. The van der Waals surface area contributed by atoms with Crippen molar-refractivity contribution in [2.24, 2.45) is 9.98 Å². The quantitative estimate of drug-likeness (QED) is 0.157. The molecule has 6 nitrogen and oxygen atoms in total. The van der Waals surface area contributed by atoms with Crippen LogP contribution in [0.1, 0.15) is 11.1 Å². The monoisotopic (exact) mass is 784 g/mol. The Morgan fingerprint density at radius 1 is 0.696 bits per heavy atom. The molecule has 0 saturated heterocycles. The van der Waals surface area contributed by atoms with Crippen LogP contribution in [-0.2, 0) is 12.8 Å². The summed E-state index contributed by atoms with van der Waals surface area (Å²) in [6.45, 7) is 0. The van der Waals surface area contributed by atoms with Gasteiger partial charge in [0.2, 0.25) is 0 Å². The van der Waals surface area contributed by atoms with Gasteiger partial charge in [0.15, 0.2) is 11.6 Å². The minimum atomic E-state index is -4.44. The number of fused-ring (bicyclic) bond motifs is 2. The van der Waals surface area contributed by atoms with Gasteiger partial charge in [-0.3, -0.25) is 0 Å². The van der Waals surface area contributed by atoms with Gasteiger partial charge in [-0.1, -0.05) is 70.7 Å². The second-order valence-electron chi connectivity index (χ2n) is 9.43. The van der Waals surface area contributed by atoms with E-state index in [1.54, 1.807) is 42.5 Å². The SMILES string of the molecule is FC(F)(F)C1=Nc2ncc(-c3cccc(Cl)c3Cl)cc2C1.FC(F)(F)C1=Nc2ncc(Br)cc2C1.OB(O)c1cccc(Cl)c1Cl. The zero-order chi connectivity index (χ0) is 34.0. The second-order valence-corrected chi connectivity index (χ2v) is 11.9. The Labute approximate surface area is 286 Å². The molecule has 2 aromatic heterocycles. The Morgan fingerprint density at radius 2 is 1.20 bits per heavy atom. The van der Waals surface area contributed by atoms with Gasteiger partial charge in [0.1, 0.15) is 11.4 Å². The molecule has 2 aliphatic heterocycles. The Morgan fingerprint density at radius 3 is 1.72 bits per heavy atom. The van der Waals surface area contributed by atoms with Gasteiger partial charge in [0.25, 0.3) is 0 Å². The number of rotatable bonds is 2. The summed E-state index contributed by atoms with van der Waals surface area (Å²) in [5.41, 5.74) is 0.777. The first kappa shape index (κ1) is 36.1. The number of hydrogen-bond acceptors (Lipinski definition) is 6. The smallest absolute Gasteiger partial charge is 0.423 e. The van der Waals surface area contributed by atoms with Crippen LogP contribution in [0.5, 0.6) is 0 Å². The molecule has 46 heavy (non-hydrogen) atoms. The molecule has 0 spiro atoms. The lowest BCUT2D eigenvalue weighted by molar-refractivity contribution is -0.0605. The highest BCUT2D eigenvalue weighted by atomic mass is 79.9. The third kappa shape index (κ3) is 8.79. The van der Waals surface area contributed by atoms with Gasteiger partial charge in [-0.15, -0.1) is 0 Å². The average molecular weight is 787 g/mol. The van der Waals surface area contributed by atoms with Crippen molar-refractivity contribution in [3.8, 4) is 11.1 Å². The summed E-state index contributed by atoms with van der Waals surface area (Å²) in [6, 6.07) is 13.0. The maximum absolute atomic E-state index is 12.7. The molecule has 0 saturated carbocycles. The summed E-state index contributed by atoms with van der Waals surface area (Å²) >= 11 is 26.4. The first-order chi connectivity index (χ1) is 21.5. The molecule has 2 N–H and O–H groups in total. The first-order valence-electron chi connectivity index (χ1n) is 12.6. The molecule has 4 aromatic rings. The van der Waals surface area contributed by atoms with Gasteiger partial charge >= 0.3 is 19.5 Å². The maximum atomic E-state index is 12.7. The lowest BCUT2D eigenvalue weighted by atomic mass is 9.80. The molecule has 6 rings (SSSR count). The minimum absolute atomic E-state index is 0.101. The molecule has 0 fully saturated rings. The van der Waals surface area contributed by atoms with Crippen molar-refractivity contribution in [2.45, 2.75) is 25.2 Å². The Kier molecular flexibility index (Phi) is 11.5. The number of aliphatic imine (C=N–C) groups is 2. The van der Waals surface area contributed by atoms with Crippen LogP contribution < -0.4 is 5.46 Å². The van der Waals surface area contributed by atoms with Crippen LogP contribution in [-0.4, -0.2) is 50.9 Å². The fourth-order valence-electron chi connectivity index (χ4n) is 4.06. The summed E-state index contributed by atoms with van der Waals surface area (Å²) in [4.78, 5) is 14.7. The molecule has 0 bridgehead atoms. The minimum Gasteiger partial charge on any atom is -0.423 e. The van der Waals surface area contributed by atoms with Gasteiger partial charge < -0.3 is 10.0 Å². The van der Waals surface area contributed by atoms with E-state index in [2.05, 4.69) is 35.9 Å². The predicted molar refractivity (Wildman–Crippen MR) is 172 cm³/mol. The van der Waals surface area contributed by atoms with Crippen molar-refractivity contribution in [1.29, 1.82) is 0 Å². The van der Waals surface area contributed by atoms with Gasteiger partial charge in [-0.2, -0.15) is 26.3 Å². The van der Waals surface area contributed by atoms with E-state index < -0.39 is 30.9 Å². The summed E-state index contributed by atoms with van der Waals surface area (Å²) in [7, 11) is -1.57. The highest BCUT2D eigenvalue weighted by Gasteiger charge is 2.39. The van der Waals surface area contributed by atoms with Crippen LogP contribution >= 0.6 is 62.3 Å². The van der Waals surface area contributed by atoms with E-state index in [1.807, 2.05) is 0 Å². The van der Waals surface area contributed by atoms with E-state index in [-0.39, 0.29) is 35.0 Å². The lowest BCUT2D eigenvalue weighted by Crippen LogP contribution is -2.30. The largest absolute Gasteiger partial charge is 0.490 e. The van der Waals surface area contributed by atoms with Gasteiger partial charge in [-0.05, 0) is 40.2 Å². The molecule has 4 heterocycles. The molecule has 240 valence electrons. The summed E-state index contributed by atoms with van der Waals surface area (Å²) in [5, 5.41) is 18.7. The van der Waals surface area contributed by atoms with Gasteiger partial charge in [0, 0.05) is 57.4 Å². The molecule has 18 heteroatoms. The zero-order valence-corrected chi connectivity index (χ0v) is 27.2. The standard InChI is InChI=1S/C14H7Cl2F3N2.C8H4BrF3N2.C6H5BCl2O2/c15-10-3-1-2-9(12(10)16)8-4-7-5-11(14(17,18)19)21-13(7)20-6-8;9-5-1-4-2-6(8(10,11)12)14-7(4)13-3-5;8-5-3-1-2-4(6(5)9)7(10)11/h1-4,6H,5H2;1,3H,2H2;1-3,10-11H. The maximum Gasteiger partial charge on any atom is 0.490 e. The zero-order valence-electron chi connectivity index (χ0n) is 22.6. The van der Waals surface area contributed by atoms with Crippen LogP contribution in [0, 0.1) is 0 Å². The van der Waals surface area contributed by atoms with Crippen LogP contribution in [0.3, 0.4) is 0 Å². The molecule has 0 radical (unpaired) electrons. The fraction of sp³-hybridized carbons (Fsp3) is 0.143. The number of pyridine rings is 2. The molecule has 0 aliphatic carbocycles. The van der Waals surface area contributed by atoms with Crippen molar-refractivity contribution >= 4 is 98.0 Å². The Hall–Kier alpha value is -2.72. The predicted octanol–water partition coefficient (Wildman–Crippen LogP) is 8.95. The van der Waals surface area contributed by atoms with E-state index in [9.17, 15) is 26.3 Å². The number of halogens is 11. The second kappa shape index (κ2) is 14.6. The number of aromatic nitrogens is 2. The molecule has 2 aromatic carbocycles. The number of nitrogens with zero attached hydrogens (tertiary/aromatic N) is 4. The normalized spacial score (nSPS) is 13.4. The molecule has 2 aliphatic rings. The molecule has 0 amide bonds. The molecular weight excluding hydrogens is 771 g/mol. The molecular formula is C28H16BBrCl4F6N4O2. The fourth-order valence-corrected chi connectivity index (χ4v) is 5.25. The number of benzene rings is 2. The highest BCUT2D eigenvalue weighted by Crippen LogP contribution is 2.38. The van der Waals surface area contributed by atoms with E-state index in [4.69, 9.17) is 56.5 Å². The van der Waals surface area contributed by atoms with Crippen molar-refractivity contribution in [2.75, 3.05) is 0 Å².